The van der Waals surface area contributed by atoms with Gasteiger partial charge in [-0.25, -0.2) is 13.1 Å². The van der Waals surface area contributed by atoms with Crippen LogP contribution in [0.15, 0.2) is 24.5 Å². The third-order valence-electron chi connectivity index (χ3n) is 5.30. The lowest BCUT2D eigenvalue weighted by atomic mass is 9.61. The van der Waals surface area contributed by atoms with Gasteiger partial charge in [-0.2, -0.15) is 0 Å². The molecule has 0 aliphatic heterocycles. The molecule has 2 N–H and O–H groups in total. The summed E-state index contributed by atoms with van der Waals surface area (Å²) in [5.41, 5.74) is 0.866. The first-order valence-corrected chi connectivity index (χ1v) is 10.9. The minimum absolute atomic E-state index is 0.264. The Hall–Kier alpha value is -1.05. The van der Waals surface area contributed by atoms with E-state index in [1.54, 1.807) is 20.0 Å². The van der Waals surface area contributed by atoms with Gasteiger partial charge in [0.05, 0.1) is 10.2 Å². The van der Waals surface area contributed by atoms with Crippen LogP contribution in [0.2, 0.25) is 0 Å². The number of hydrogen-bond acceptors (Lipinski definition) is 4. The molecule has 2 atom stereocenters. The van der Waals surface area contributed by atoms with Crippen molar-refractivity contribution in [2.75, 3.05) is 13.6 Å². The molecule has 0 spiro atoms. The highest BCUT2D eigenvalue weighted by Crippen LogP contribution is 2.46. The molecule has 1 heterocycles. The predicted molar refractivity (Wildman–Crippen MR) is 106 cm³/mol. The van der Waals surface area contributed by atoms with Crippen molar-refractivity contribution in [3.05, 3.63) is 30.1 Å². The number of nitrogens with one attached hydrogen (secondary N) is 2. The molecule has 0 saturated heterocycles. The van der Waals surface area contributed by atoms with Crippen molar-refractivity contribution in [2.45, 2.75) is 56.6 Å². The Morgan fingerprint density at radius 1 is 1.44 bits per heavy atom. The zero-order valence-corrected chi connectivity index (χ0v) is 16.9. The van der Waals surface area contributed by atoms with Crippen LogP contribution in [0.3, 0.4) is 0 Å². The average molecular weight is 384 g/mol. The first kappa shape index (κ1) is 20.3. The van der Waals surface area contributed by atoms with E-state index in [-0.39, 0.29) is 5.41 Å². The zero-order valence-electron chi connectivity index (χ0n) is 15.3. The number of sulfonamides is 1. The number of nitrogens with zero attached hydrogens (tertiary/aromatic N) is 1. The quantitative estimate of drug-likeness (QED) is 0.709. The predicted octanol–water partition coefficient (Wildman–Crippen LogP) is 2.77. The molecule has 1 aromatic heterocycles. The molecule has 1 saturated carbocycles. The normalized spacial score (nSPS) is 24.2. The molecule has 2 rings (SSSR count). The van der Waals surface area contributed by atoms with Crippen molar-refractivity contribution >= 4 is 27.2 Å². The molecule has 0 amide bonds. The van der Waals surface area contributed by atoms with Crippen LogP contribution in [0, 0.1) is 5.92 Å². The third-order valence-corrected chi connectivity index (χ3v) is 7.71. The van der Waals surface area contributed by atoms with Gasteiger partial charge in [-0.15, -0.1) is 0 Å². The molecular weight excluding hydrogens is 354 g/mol. The molecule has 7 heteroatoms. The standard InChI is InChI=1S/C18H29N3O2S2/c1-14(2)25(22,23)21-12-9-15-7-4-5-10-18(15,17(24)19-3)16-8-6-11-20-13-16/h6,8,11,13-15,21H,4-5,7,9-10,12H2,1-3H3,(H,19,24)/t15-,18+/m0/s1. The van der Waals surface area contributed by atoms with Crippen molar-refractivity contribution in [1.29, 1.82) is 0 Å². The van der Waals surface area contributed by atoms with Crippen molar-refractivity contribution < 1.29 is 8.42 Å². The van der Waals surface area contributed by atoms with E-state index in [9.17, 15) is 8.42 Å². The van der Waals surface area contributed by atoms with Crippen LogP contribution in [0.4, 0.5) is 0 Å². The monoisotopic (exact) mass is 383 g/mol. The highest BCUT2D eigenvalue weighted by atomic mass is 32.2. The summed E-state index contributed by atoms with van der Waals surface area (Å²) in [6, 6.07) is 4.04. The molecule has 1 aromatic rings. The van der Waals surface area contributed by atoms with Crippen molar-refractivity contribution in [3.8, 4) is 0 Å². The van der Waals surface area contributed by atoms with Crippen LogP contribution in [0.5, 0.6) is 0 Å². The summed E-state index contributed by atoms with van der Waals surface area (Å²) in [7, 11) is -1.37. The fraction of sp³-hybridized carbons (Fsp3) is 0.667. The summed E-state index contributed by atoms with van der Waals surface area (Å²) in [5.74, 6) is 0.292. The van der Waals surface area contributed by atoms with Gasteiger partial charge in [-0.05, 0) is 50.7 Å². The van der Waals surface area contributed by atoms with Gasteiger partial charge >= 0.3 is 0 Å². The Balaban J connectivity index is 2.25. The SMILES string of the molecule is CNC(=S)[C@]1(c2cccnc2)CCCC[C@H]1CCNS(=O)(=O)C(C)C. The van der Waals surface area contributed by atoms with Crippen LogP contribution in [-0.4, -0.2) is 37.2 Å². The highest BCUT2D eigenvalue weighted by molar-refractivity contribution is 7.90. The molecule has 25 heavy (non-hydrogen) atoms. The number of rotatable bonds is 7. The number of likely N-dealkylation sites (N-methyl/N-ethyl adjacent to an activating group) is 1. The number of hydrogen-bond donors (Lipinski definition) is 2. The summed E-state index contributed by atoms with van der Waals surface area (Å²) >= 11 is 5.73. The van der Waals surface area contributed by atoms with Gasteiger partial charge in [0.15, 0.2) is 0 Å². The molecule has 1 aliphatic rings. The van der Waals surface area contributed by atoms with Crippen LogP contribution in [0.1, 0.15) is 51.5 Å². The average Bonchev–Trinajstić information content (AvgIpc) is 2.62. The molecule has 140 valence electrons. The number of aromatic nitrogens is 1. The van der Waals surface area contributed by atoms with Crippen molar-refractivity contribution in [3.63, 3.8) is 0 Å². The summed E-state index contributed by atoms with van der Waals surface area (Å²) in [6.07, 6.45) is 8.72. The first-order valence-electron chi connectivity index (χ1n) is 8.95. The second-order valence-corrected chi connectivity index (χ2v) is 9.74. The van der Waals surface area contributed by atoms with E-state index in [4.69, 9.17) is 12.2 Å². The maximum Gasteiger partial charge on any atom is 0.213 e. The number of pyridine rings is 1. The van der Waals surface area contributed by atoms with Gasteiger partial charge in [-0.1, -0.05) is 31.1 Å². The van der Waals surface area contributed by atoms with Gasteiger partial charge in [0.1, 0.15) is 0 Å². The lowest BCUT2D eigenvalue weighted by Gasteiger charge is -2.45. The minimum atomic E-state index is -3.24. The van der Waals surface area contributed by atoms with Gasteiger partial charge in [0.25, 0.3) is 0 Å². The molecule has 0 radical (unpaired) electrons. The maximum absolute atomic E-state index is 12.0. The Labute approximate surface area is 157 Å². The van der Waals surface area contributed by atoms with Crippen LogP contribution in [0.25, 0.3) is 0 Å². The number of thiocarbonyl (C=S) groups is 1. The molecule has 1 fully saturated rings. The molecule has 1 aliphatic carbocycles. The van der Waals surface area contributed by atoms with Crippen LogP contribution >= 0.6 is 12.2 Å². The second-order valence-electron chi connectivity index (χ2n) is 7.01. The van der Waals surface area contributed by atoms with Gasteiger partial charge in [0.2, 0.25) is 10.0 Å². The van der Waals surface area contributed by atoms with Gasteiger partial charge in [-0.3, -0.25) is 4.98 Å². The summed E-state index contributed by atoms with van der Waals surface area (Å²) < 4.78 is 26.8. The van der Waals surface area contributed by atoms with Crippen LogP contribution in [-0.2, 0) is 15.4 Å². The molecular formula is C18H29N3O2S2. The van der Waals surface area contributed by atoms with Crippen molar-refractivity contribution in [1.82, 2.24) is 15.0 Å². The Morgan fingerprint density at radius 3 is 2.80 bits per heavy atom. The second kappa shape index (κ2) is 8.56. The summed E-state index contributed by atoms with van der Waals surface area (Å²) in [6.45, 7) is 3.83. The maximum atomic E-state index is 12.0. The Morgan fingerprint density at radius 2 is 2.20 bits per heavy atom. The van der Waals surface area contributed by atoms with E-state index in [0.717, 1.165) is 42.7 Å². The fourth-order valence-electron chi connectivity index (χ4n) is 3.84. The topological polar surface area (TPSA) is 71.1 Å². The van der Waals surface area contributed by atoms with Gasteiger partial charge < -0.3 is 5.32 Å². The first-order chi connectivity index (χ1) is 11.8. The molecule has 0 unspecified atom stereocenters. The zero-order chi connectivity index (χ0) is 18.5. The highest BCUT2D eigenvalue weighted by Gasteiger charge is 2.45. The molecule has 5 nitrogen and oxygen atoms in total. The van der Waals surface area contributed by atoms with Crippen molar-refractivity contribution in [2.24, 2.45) is 5.92 Å². The van der Waals surface area contributed by atoms with E-state index < -0.39 is 15.3 Å². The molecule has 0 bridgehead atoms. The smallest absolute Gasteiger partial charge is 0.213 e. The van der Waals surface area contributed by atoms with Gasteiger partial charge in [0, 0.05) is 31.4 Å². The Kier molecular flexibility index (Phi) is 6.93. The van der Waals surface area contributed by atoms with E-state index in [2.05, 4.69) is 21.1 Å². The van der Waals surface area contributed by atoms with Crippen LogP contribution < -0.4 is 10.0 Å². The minimum Gasteiger partial charge on any atom is -0.382 e. The lowest BCUT2D eigenvalue weighted by Crippen LogP contribution is -2.50. The fourth-order valence-corrected chi connectivity index (χ4v) is 4.96. The van der Waals surface area contributed by atoms with E-state index in [0.29, 0.717) is 12.5 Å². The molecule has 0 aromatic carbocycles. The lowest BCUT2D eigenvalue weighted by molar-refractivity contribution is 0.238. The third kappa shape index (κ3) is 4.38. The summed E-state index contributed by atoms with van der Waals surface area (Å²) in [5, 5.41) is 2.78. The Bertz CT molecular complexity index is 677. The largest absolute Gasteiger partial charge is 0.382 e. The summed E-state index contributed by atoms with van der Waals surface area (Å²) in [4.78, 5) is 5.13. The van der Waals surface area contributed by atoms with E-state index in [1.807, 2.05) is 19.3 Å². The van der Waals surface area contributed by atoms with E-state index in [1.165, 1.54) is 0 Å². The van der Waals surface area contributed by atoms with E-state index >= 15 is 0 Å².